The van der Waals surface area contributed by atoms with E-state index < -0.39 is 17.8 Å². The van der Waals surface area contributed by atoms with Gasteiger partial charge in [0.25, 0.3) is 0 Å². The van der Waals surface area contributed by atoms with Crippen LogP contribution in [-0.4, -0.2) is 39.8 Å². The van der Waals surface area contributed by atoms with Crippen LogP contribution in [0.1, 0.15) is 29.3 Å². The van der Waals surface area contributed by atoms with Gasteiger partial charge in [0.15, 0.2) is 0 Å². The molecular formula is C25H29N3O4S. The number of ether oxygens (including phenoxy) is 1. The van der Waals surface area contributed by atoms with Crippen molar-refractivity contribution in [2.24, 2.45) is 5.73 Å². The van der Waals surface area contributed by atoms with Gasteiger partial charge in [-0.2, -0.15) is 0 Å². The number of benzene rings is 2. The van der Waals surface area contributed by atoms with Crippen LogP contribution in [0.25, 0.3) is 0 Å². The van der Waals surface area contributed by atoms with E-state index in [1.54, 1.807) is 11.7 Å². The van der Waals surface area contributed by atoms with Gasteiger partial charge in [-0.15, -0.1) is 11.3 Å². The van der Waals surface area contributed by atoms with Crippen molar-refractivity contribution in [1.82, 2.24) is 10.3 Å². The van der Waals surface area contributed by atoms with Crippen molar-refractivity contribution in [3.05, 3.63) is 88.4 Å². The van der Waals surface area contributed by atoms with E-state index in [9.17, 15) is 14.7 Å². The van der Waals surface area contributed by atoms with Crippen LogP contribution in [0, 0.1) is 0 Å². The molecule has 0 saturated carbocycles. The number of hydrogen-bond donors (Lipinski definition) is 3. The highest BCUT2D eigenvalue weighted by Gasteiger charge is 2.43. The number of carbonyl (C=O) groups is 2. The van der Waals surface area contributed by atoms with Crippen LogP contribution in [0.2, 0.25) is 0 Å². The number of nitrogens with two attached hydrogens (primary N) is 1. The van der Waals surface area contributed by atoms with E-state index in [4.69, 9.17) is 10.5 Å². The number of aliphatic hydroxyl groups is 1. The van der Waals surface area contributed by atoms with Gasteiger partial charge in [0.1, 0.15) is 5.60 Å². The third kappa shape index (κ3) is 7.40. The molecule has 7 nitrogen and oxygen atoms in total. The molecule has 1 heterocycles. The lowest BCUT2D eigenvalue weighted by molar-refractivity contribution is -0.120. The summed E-state index contributed by atoms with van der Waals surface area (Å²) in [7, 11) is 0. The molecule has 3 atom stereocenters. The molecule has 3 rings (SSSR count). The fourth-order valence-electron chi connectivity index (χ4n) is 4.07. The first-order chi connectivity index (χ1) is 15.9. The second-order valence-corrected chi connectivity index (χ2v) is 9.10. The summed E-state index contributed by atoms with van der Waals surface area (Å²) in [6.45, 7) is 1.44. The molecule has 3 unspecified atom stereocenters. The Morgan fingerprint density at radius 3 is 2.27 bits per heavy atom. The molecule has 33 heavy (non-hydrogen) atoms. The van der Waals surface area contributed by atoms with Crippen LogP contribution in [0.15, 0.2) is 72.4 Å². The van der Waals surface area contributed by atoms with E-state index in [-0.39, 0.29) is 31.2 Å². The Morgan fingerprint density at radius 2 is 1.73 bits per heavy atom. The zero-order valence-electron chi connectivity index (χ0n) is 18.5. The van der Waals surface area contributed by atoms with Crippen LogP contribution < -0.4 is 11.1 Å². The Bertz CT molecular complexity index is 1010. The van der Waals surface area contributed by atoms with E-state index in [0.717, 1.165) is 16.0 Å². The Labute approximate surface area is 197 Å². The smallest absolute Gasteiger partial charge is 0.405 e. The molecule has 0 fully saturated rings. The highest BCUT2D eigenvalue weighted by molar-refractivity contribution is 7.09. The Morgan fingerprint density at radius 1 is 1.09 bits per heavy atom. The summed E-state index contributed by atoms with van der Waals surface area (Å²) in [4.78, 5) is 28.9. The molecule has 4 N–H and O–H groups in total. The quantitative estimate of drug-likeness (QED) is 0.400. The van der Waals surface area contributed by atoms with Crippen molar-refractivity contribution >= 4 is 23.3 Å². The predicted octanol–water partition coefficient (Wildman–Crippen LogP) is 3.26. The summed E-state index contributed by atoms with van der Waals surface area (Å²) >= 11 is 1.41. The molecule has 2 aromatic carbocycles. The summed E-state index contributed by atoms with van der Waals surface area (Å²) in [5.74, 6) is -0.199. The van der Waals surface area contributed by atoms with Crippen LogP contribution in [-0.2, 0) is 28.8 Å². The second kappa shape index (κ2) is 11.6. The topological polar surface area (TPSA) is 115 Å². The molecule has 2 amide bonds. The fraction of sp³-hybridized carbons (Fsp3) is 0.320. The Hall–Kier alpha value is -3.23. The molecule has 0 saturated heterocycles. The van der Waals surface area contributed by atoms with E-state index in [1.807, 2.05) is 60.7 Å². The number of nitrogens with one attached hydrogen (secondary N) is 1. The lowest BCUT2D eigenvalue weighted by Gasteiger charge is -2.38. The molecule has 1 aromatic heterocycles. The predicted molar refractivity (Wildman–Crippen MR) is 128 cm³/mol. The number of hydrogen-bond acceptors (Lipinski definition) is 6. The highest BCUT2D eigenvalue weighted by Crippen LogP contribution is 2.31. The summed E-state index contributed by atoms with van der Waals surface area (Å²) in [6.07, 6.45) is 0.824. The van der Waals surface area contributed by atoms with Crippen LogP contribution in [0.3, 0.4) is 0 Å². The maximum Gasteiger partial charge on any atom is 0.405 e. The molecule has 0 aliphatic rings. The Kier molecular flexibility index (Phi) is 8.57. The monoisotopic (exact) mass is 467 g/mol. The van der Waals surface area contributed by atoms with Gasteiger partial charge in [-0.25, -0.2) is 4.79 Å². The first-order valence-electron chi connectivity index (χ1n) is 10.7. The van der Waals surface area contributed by atoms with Gasteiger partial charge in [0.05, 0.1) is 11.6 Å². The van der Waals surface area contributed by atoms with Gasteiger partial charge in [-0.1, -0.05) is 60.7 Å². The zero-order chi connectivity index (χ0) is 23.7. The number of nitrogens with zero attached hydrogens (tertiary/aromatic N) is 1. The number of carbonyl (C=O) groups excluding carboxylic acids is 2. The van der Waals surface area contributed by atoms with Crippen molar-refractivity contribution in [2.45, 2.75) is 50.4 Å². The third-order valence-electron chi connectivity index (χ3n) is 5.45. The van der Waals surface area contributed by atoms with Crippen molar-refractivity contribution in [2.75, 3.05) is 0 Å². The van der Waals surface area contributed by atoms with Gasteiger partial charge in [-0.05, 0) is 24.0 Å². The molecule has 3 aromatic rings. The summed E-state index contributed by atoms with van der Waals surface area (Å²) in [5, 5.41) is 14.5. The molecule has 0 aliphatic carbocycles. The number of aliphatic hydroxyl groups excluding tert-OH is 1. The standard InChI is InChI=1S/C25H29N3O4S/c1-18(29)28-21(12-19-8-4-2-5-9-19)13-23(30)25(32-24(26)31,15-22-16-27-17-33-22)14-20-10-6-3-7-11-20/h2-11,16-17,21,23,30H,12-15H2,1H3,(H2,26,31)(H,28,29). The van der Waals surface area contributed by atoms with Crippen molar-refractivity contribution in [3.63, 3.8) is 0 Å². The summed E-state index contributed by atoms with van der Waals surface area (Å²) < 4.78 is 5.69. The average Bonchev–Trinajstić information content (AvgIpc) is 3.27. The van der Waals surface area contributed by atoms with E-state index >= 15 is 0 Å². The summed E-state index contributed by atoms with van der Waals surface area (Å²) in [5.41, 5.74) is 7.76. The van der Waals surface area contributed by atoms with Gasteiger partial charge < -0.3 is 20.9 Å². The molecule has 8 heteroatoms. The fourth-order valence-corrected chi connectivity index (χ4v) is 4.77. The van der Waals surface area contributed by atoms with Gasteiger partial charge in [0, 0.05) is 36.9 Å². The van der Waals surface area contributed by atoms with Gasteiger partial charge >= 0.3 is 6.09 Å². The number of rotatable bonds is 11. The number of aromatic nitrogens is 1. The van der Waals surface area contributed by atoms with E-state index in [1.165, 1.54) is 18.3 Å². The second-order valence-electron chi connectivity index (χ2n) is 8.13. The van der Waals surface area contributed by atoms with Crippen molar-refractivity contribution in [1.29, 1.82) is 0 Å². The lowest BCUT2D eigenvalue weighted by Crippen LogP contribution is -2.53. The highest BCUT2D eigenvalue weighted by atomic mass is 32.1. The average molecular weight is 468 g/mol. The number of thiazole rings is 1. The zero-order valence-corrected chi connectivity index (χ0v) is 19.3. The SMILES string of the molecule is CC(=O)NC(Cc1ccccc1)CC(O)C(Cc1ccccc1)(Cc1cncs1)OC(N)=O. The number of primary amides is 1. The van der Waals surface area contributed by atoms with Gasteiger partial charge in [0.2, 0.25) is 5.91 Å². The first-order valence-corrected chi connectivity index (χ1v) is 11.6. The minimum Gasteiger partial charge on any atom is -0.440 e. The maximum absolute atomic E-state index is 12.0. The molecule has 0 spiro atoms. The number of amides is 2. The van der Waals surface area contributed by atoms with Gasteiger partial charge in [-0.3, -0.25) is 9.78 Å². The van der Waals surface area contributed by atoms with E-state index in [2.05, 4.69) is 10.3 Å². The largest absolute Gasteiger partial charge is 0.440 e. The molecular weight excluding hydrogens is 438 g/mol. The maximum atomic E-state index is 12.0. The normalized spacial score (nSPS) is 14.6. The molecule has 0 radical (unpaired) electrons. The lowest BCUT2D eigenvalue weighted by atomic mass is 9.81. The minimum absolute atomic E-state index is 0.174. The molecule has 0 aliphatic heterocycles. The van der Waals surface area contributed by atoms with E-state index in [0.29, 0.717) is 6.42 Å². The van der Waals surface area contributed by atoms with Crippen molar-refractivity contribution in [3.8, 4) is 0 Å². The molecule has 174 valence electrons. The minimum atomic E-state index is -1.33. The first kappa shape index (κ1) is 24.4. The van der Waals surface area contributed by atoms with Crippen LogP contribution in [0.4, 0.5) is 4.79 Å². The van der Waals surface area contributed by atoms with Crippen LogP contribution in [0.5, 0.6) is 0 Å². The molecule has 0 bridgehead atoms. The Balaban J connectivity index is 1.93. The summed E-state index contributed by atoms with van der Waals surface area (Å²) in [6, 6.07) is 18.8. The van der Waals surface area contributed by atoms with Crippen molar-refractivity contribution < 1.29 is 19.4 Å². The van der Waals surface area contributed by atoms with Crippen LogP contribution >= 0.6 is 11.3 Å². The third-order valence-corrected chi connectivity index (χ3v) is 6.23.